The maximum atomic E-state index is 12.5. The second-order valence-electron chi connectivity index (χ2n) is 11.3. The Bertz CT molecular complexity index is 595. The third-order valence-electron chi connectivity index (χ3n) is 7.38. The number of carboxylic acids is 1. The first-order valence-electron chi connectivity index (χ1n) is 16.8. The van der Waals surface area contributed by atoms with Crippen molar-refractivity contribution in [3.8, 4) is 0 Å². The fourth-order valence-electron chi connectivity index (χ4n) is 4.85. The van der Waals surface area contributed by atoms with Gasteiger partial charge in [0.25, 0.3) is 0 Å². The van der Waals surface area contributed by atoms with Crippen LogP contribution in [0.1, 0.15) is 181 Å². The first kappa shape index (κ1) is 37.4. The van der Waals surface area contributed by atoms with Crippen LogP contribution in [0.4, 0.5) is 0 Å². The molecule has 0 amide bonds. The topological polar surface area (TPSA) is 63.6 Å². The Hall–Kier alpha value is -1.58. The van der Waals surface area contributed by atoms with Crippen LogP contribution >= 0.6 is 0 Å². The molecule has 4 nitrogen and oxygen atoms in total. The fraction of sp³-hybridized carbons (Fsp3) is 0.829. The SMILES string of the molecule is CCCCCCC/C=C\C(CCCCCCC(=O)O)OC(=O)CCCCCCC/C=C\CCCCCCCC. The van der Waals surface area contributed by atoms with E-state index >= 15 is 0 Å². The molecule has 4 heteroatoms. The second-order valence-corrected chi connectivity index (χ2v) is 11.3. The van der Waals surface area contributed by atoms with Crippen LogP contribution in [0.5, 0.6) is 0 Å². The molecular weight excluding hydrogens is 484 g/mol. The molecule has 0 aromatic heterocycles. The van der Waals surface area contributed by atoms with Gasteiger partial charge in [-0.3, -0.25) is 9.59 Å². The number of carbonyl (C=O) groups is 2. The average molecular weight is 549 g/mol. The van der Waals surface area contributed by atoms with Gasteiger partial charge in [0.1, 0.15) is 6.10 Å². The van der Waals surface area contributed by atoms with Gasteiger partial charge in [0.2, 0.25) is 0 Å². The summed E-state index contributed by atoms with van der Waals surface area (Å²) in [4.78, 5) is 23.1. The largest absolute Gasteiger partial charge is 0.481 e. The molecule has 39 heavy (non-hydrogen) atoms. The highest BCUT2D eigenvalue weighted by Gasteiger charge is 2.11. The standard InChI is InChI=1S/C35H64O4/c1-3-5-7-9-11-12-13-14-15-16-17-18-20-22-28-32-35(38)39-33(29-25-21-19-10-8-6-4-2)30-26-23-24-27-31-34(36)37/h14-15,25,29,33H,3-13,16-24,26-28,30-32H2,1-2H3,(H,36,37)/b15-14-,29-25-. The predicted molar refractivity (Wildman–Crippen MR) is 167 cm³/mol. The van der Waals surface area contributed by atoms with E-state index < -0.39 is 5.97 Å². The number of esters is 1. The summed E-state index contributed by atoms with van der Waals surface area (Å²) < 4.78 is 5.83. The minimum Gasteiger partial charge on any atom is -0.481 e. The first-order chi connectivity index (χ1) is 19.1. The van der Waals surface area contributed by atoms with Crippen LogP contribution < -0.4 is 0 Å². The lowest BCUT2D eigenvalue weighted by atomic mass is 10.1. The molecule has 228 valence electrons. The van der Waals surface area contributed by atoms with Crippen LogP contribution in [-0.2, 0) is 14.3 Å². The Kier molecular flexibility index (Phi) is 29.7. The molecule has 1 unspecified atom stereocenters. The summed E-state index contributed by atoms with van der Waals surface area (Å²) in [6, 6.07) is 0. The lowest BCUT2D eigenvalue weighted by Crippen LogP contribution is -2.16. The molecule has 1 N–H and O–H groups in total. The maximum absolute atomic E-state index is 12.5. The highest BCUT2D eigenvalue weighted by molar-refractivity contribution is 5.69. The van der Waals surface area contributed by atoms with E-state index in [1.807, 2.05) is 0 Å². The Labute approximate surface area is 242 Å². The molecule has 0 spiro atoms. The van der Waals surface area contributed by atoms with Gasteiger partial charge in [0.05, 0.1) is 0 Å². The normalized spacial score (nSPS) is 12.5. The lowest BCUT2D eigenvalue weighted by Gasteiger charge is -2.15. The number of ether oxygens (including phenoxy) is 1. The highest BCUT2D eigenvalue weighted by Crippen LogP contribution is 2.15. The van der Waals surface area contributed by atoms with Crippen LogP contribution in [0.15, 0.2) is 24.3 Å². The van der Waals surface area contributed by atoms with Crippen molar-refractivity contribution in [1.82, 2.24) is 0 Å². The Balaban J connectivity index is 3.99. The zero-order valence-corrected chi connectivity index (χ0v) is 25.9. The smallest absolute Gasteiger partial charge is 0.306 e. The third kappa shape index (κ3) is 30.8. The molecule has 1 atom stereocenters. The van der Waals surface area contributed by atoms with E-state index in [-0.39, 0.29) is 18.5 Å². The van der Waals surface area contributed by atoms with Crippen molar-refractivity contribution in [2.45, 2.75) is 187 Å². The summed E-state index contributed by atoms with van der Waals surface area (Å²) >= 11 is 0. The van der Waals surface area contributed by atoms with Gasteiger partial charge >= 0.3 is 11.9 Å². The number of carboxylic acid groups (broad SMARTS) is 1. The number of unbranched alkanes of at least 4 members (excludes halogenated alkanes) is 19. The molecule has 0 heterocycles. The van der Waals surface area contributed by atoms with Gasteiger partial charge in [-0.15, -0.1) is 0 Å². The van der Waals surface area contributed by atoms with Crippen LogP contribution in [0, 0.1) is 0 Å². The van der Waals surface area contributed by atoms with E-state index in [2.05, 4.69) is 38.2 Å². The molecule has 0 saturated heterocycles. The Morgan fingerprint density at radius 1 is 0.564 bits per heavy atom. The number of hydrogen-bond donors (Lipinski definition) is 1. The predicted octanol–water partition coefficient (Wildman–Crippen LogP) is 11.3. The van der Waals surface area contributed by atoms with E-state index in [1.54, 1.807) is 0 Å². The van der Waals surface area contributed by atoms with Crippen molar-refractivity contribution in [3.05, 3.63) is 24.3 Å². The molecule has 0 fully saturated rings. The number of allylic oxidation sites excluding steroid dienone is 3. The van der Waals surface area contributed by atoms with Crippen LogP contribution in [0.2, 0.25) is 0 Å². The number of aliphatic carboxylic acids is 1. The van der Waals surface area contributed by atoms with E-state index in [1.165, 1.54) is 103 Å². The molecule has 0 rings (SSSR count). The van der Waals surface area contributed by atoms with Crippen molar-refractivity contribution in [3.63, 3.8) is 0 Å². The van der Waals surface area contributed by atoms with Gasteiger partial charge in [-0.2, -0.15) is 0 Å². The van der Waals surface area contributed by atoms with E-state index in [4.69, 9.17) is 9.84 Å². The van der Waals surface area contributed by atoms with Gasteiger partial charge in [-0.1, -0.05) is 122 Å². The molecule has 0 aromatic carbocycles. The summed E-state index contributed by atoms with van der Waals surface area (Å²) in [7, 11) is 0. The fourth-order valence-corrected chi connectivity index (χ4v) is 4.85. The average Bonchev–Trinajstić information content (AvgIpc) is 2.91. The van der Waals surface area contributed by atoms with Crippen molar-refractivity contribution in [2.24, 2.45) is 0 Å². The van der Waals surface area contributed by atoms with Crippen molar-refractivity contribution in [1.29, 1.82) is 0 Å². The summed E-state index contributed by atoms with van der Waals surface area (Å²) in [6.07, 6.45) is 37.7. The summed E-state index contributed by atoms with van der Waals surface area (Å²) in [6.45, 7) is 4.50. The molecule has 0 aliphatic carbocycles. The maximum Gasteiger partial charge on any atom is 0.306 e. The first-order valence-corrected chi connectivity index (χ1v) is 16.8. The second kappa shape index (κ2) is 31.0. The minimum absolute atomic E-state index is 0.0731. The van der Waals surface area contributed by atoms with Crippen LogP contribution in [0.3, 0.4) is 0 Å². The zero-order valence-electron chi connectivity index (χ0n) is 25.9. The minimum atomic E-state index is -0.723. The van der Waals surface area contributed by atoms with Crippen molar-refractivity contribution >= 4 is 11.9 Å². The number of hydrogen-bond acceptors (Lipinski definition) is 3. The Morgan fingerprint density at radius 2 is 1.00 bits per heavy atom. The van der Waals surface area contributed by atoms with Crippen LogP contribution in [0.25, 0.3) is 0 Å². The van der Waals surface area contributed by atoms with Gasteiger partial charge in [0, 0.05) is 12.8 Å². The van der Waals surface area contributed by atoms with Crippen LogP contribution in [-0.4, -0.2) is 23.1 Å². The van der Waals surface area contributed by atoms with E-state index in [9.17, 15) is 9.59 Å². The molecule has 0 aliphatic rings. The van der Waals surface area contributed by atoms with Gasteiger partial charge in [-0.05, 0) is 70.3 Å². The van der Waals surface area contributed by atoms with Gasteiger partial charge < -0.3 is 9.84 Å². The third-order valence-corrected chi connectivity index (χ3v) is 7.38. The molecular formula is C35H64O4. The Morgan fingerprint density at radius 3 is 1.54 bits per heavy atom. The van der Waals surface area contributed by atoms with E-state index in [0.29, 0.717) is 6.42 Å². The summed E-state index contributed by atoms with van der Waals surface area (Å²) in [5.74, 6) is -0.796. The quantitative estimate of drug-likeness (QED) is 0.0550. The van der Waals surface area contributed by atoms with Gasteiger partial charge in [0.15, 0.2) is 0 Å². The molecule has 0 radical (unpaired) electrons. The van der Waals surface area contributed by atoms with Crippen molar-refractivity contribution in [2.75, 3.05) is 0 Å². The number of carbonyl (C=O) groups excluding carboxylic acids is 1. The summed E-state index contributed by atoms with van der Waals surface area (Å²) in [5, 5.41) is 8.78. The number of rotatable bonds is 30. The lowest BCUT2D eigenvalue weighted by molar-refractivity contribution is -0.147. The zero-order chi connectivity index (χ0) is 28.7. The molecule has 0 bridgehead atoms. The van der Waals surface area contributed by atoms with Gasteiger partial charge in [-0.25, -0.2) is 0 Å². The highest BCUT2D eigenvalue weighted by atomic mass is 16.5. The molecule has 0 saturated carbocycles. The molecule has 0 aromatic rings. The van der Waals surface area contributed by atoms with E-state index in [0.717, 1.165) is 51.4 Å². The van der Waals surface area contributed by atoms with Crippen molar-refractivity contribution < 1.29 is 19.4 Å². The molecule has 0 aliphatic heterocycles. The monoisotopic (exact) mass is 548 g/mol. The summed E-state index contributed by atoms with van der Waals surface area (Å²) in [5.41, 5.74) is 0.